The van der Waals surface area contributed by atoms with Gasteiger partial charge in [0.05, 0.1) is 12.1 Å². The highest BCUT2D eigenvalue weighted by Gasteiger charge is 2.39. The Morgan fingerprint density at radius 2 is 1.90 bits per heavy atom. The minimum absolute atomic E-state index is 0.287. The third-order valence-corrected chi connectivity index (χ3v) is 5.82. The van der Waals surface area contributed by atoms with Gasteiger partial charge in [-0.15, -0.1) is 0 Å². The normalized spacial score (nSPS) is 23.8. The molecule has 0 aromatic heterocycles. The van der Waals surface area contributed by atoms with Crippen molar-refractivity contribution in [2.75, 3.05) is 19.6 Å². The Morgan fingerprint density at radius 1 is 1.16 bits per heavy atom. The highest BCUT2D eigenvalue weighted by atomic mass is 16.4. The molecular formula is C20H35N5O6. The number of nitrogens with zero attached hydrogens (tertiary/aromatic N) is 1. The van der Waals surface area contributed by atoms with E-state index in [9.17, 15) is 29.4 Å². The van der Waals surface area contributed by atoms with E-state index in [1.54, 1.807) is 0 Å². The van der Waals surface area contributed by atoms with Gasteiger partial charge in [0.1, 0.15) is 18.1 Å². The number of unbranched alkanes of at least 4 members (excludes halogenated alkanes) is 1. The van der Waals surface area contributed by atoms with Crippen molar-refractivity contribution in [3.63, 3.8) is 0 Å². The van der Waals surface area contributed by atoms with Crippen LogP contribution in [0.25, 0.3) is 0 Å². The minimum Gasteiger partial charge on any atom is -0.480 e. The molecule has 2 heterocycles. The summed E-state index contributed by atoms with van der Waals surface area (Å²) in [7, 11) is 0. The molecule has 0 aliphatic carbocycles. The van der Waals surface area contributed by atoms with Gasteiger partial charge in [0.25, 0.3) is 0 Å². The summed E-state index contributed by atoms with van der Waals surface area (Å²) in [6.07, 6.45) is 2.76. The predicted molar refractivity (Wildman–Crippen MR) is 112 cm³/mol. The van der Waals surface area contributed by atoms with Gasteiger partial charge in [-0.2, -0.15) is 0 Å². The molecule has 7 N–H and O–H groups in total. The van der Waals surface area contributed by atoms with Crippen LogP contribution in [0.3, 0.4) is 0 Å². The second-order valence-corrected chi connectivity index (χ2v) is 8.25. The number of hydrogen-bond acceptors (Lipinski definition) is 7. The molecule has 176 valence electrons. The number of aliphatic carboxylic acids is 1. The Hall–Kier alpha value is -2.24. The van der Waals surface area contributed by atoms with Gasteiger partial charge in [-0.05, 0) is 65.0 Å². The molecule has 2 aliphatic heterocycles. The molecule has 11 heteroatoms. The third kappa shape index (κ3) is 6.88. The van der Waals surface area contributed by atoms with Crippen molar-refractivity contribution < 1.29 is 29.4 Å². The molecule has 0 aromatic rings. The topological polar surface area (TPSA) is 174 Å². The van der Waals surface area contributed by atoms with Crippen LogP contribution in [0.1, 0.15) is 51.9 Å². The van der Waals surface area contributed by atoms with Crippen LogP contribution in [-0.2, 0) is 19.2 Å². The number of nitrogens with one attached hydrogen (secondary N) is 3. The lowest BCUT2D eigenvalue weighted by molar-refractivity contribution is -0.149. The zero-order chi connectivity index (χ0) is 23.0. The quantitative estimate of drug-likeness (QED) is 0.206. The number of carbonyl (C=O) groups is 4. The highest BCUT2D eigenvalue weighted by molar-refractivity contribution is 5.94. The van der Waals surface area contributed by atoms with Gasteiger partial charge in [-0.25, -0.2) is 4.79 Å². The van der Waals surface area contributed by atoms with Gasteiger partial charge < -0.3 is 36.8 Å². The maximum atomic E-state index is 13.1. The van der Waals surface area contributed by atoms with Crippen LogP contribution in [0.2, 0.25) is 0 Å². The molecule has 2 fully saturated rings. The predicted octanol–water partition coefficient (Wildman–Crippen LogP) is -1.71. The number of carbonyl (C=O) groups excluding carboxylic acids is 3. The van der Waals surface area contributed by atoms with Crippen LogP contribution < -0.4 is 21.7 Å². The molecule has 31 heavy (non-hydrogen) atoms. The lowest BCUT2D eigenvalue weighted by Gasteiger charge is -2.29. The van der Waals surface area contributed by atoms with E-state index < -0.39 is 48.1 Å². The number of hydrogen-bond donors (Lipinski definition) is 6. The Labute approximate surface area is 182 Å². The first-order chi connectivity index (χ1) is 14.8. The molecular weight excluding hydrogens is 406 g/mol. The standard InChI is InChI=1S/C20H35N5O6/c1-12(26)16(24-17(27)13-7-4-10-22-13)18(28)23-14(6-2-3-9-21)19(29)25-11-5-8-15(25)20(30)31/h12-16,22,26H,2-11,21H2,1H3,(H,23,28)(H,24,27)(H,30,31). The monoisotopic (exact) mass is 441 g/mol. The average molecular weight is 442 g/mol. The molecule has 2 rings (SSSR count). The van der Waals surface area contributed by atoms with Crippen LogP contribution >= 0.6 is 0 Å². The minimum atomic E-state index is -1.23. The van der Waals surface area contributed by atoms with Gasteiger partial charge in [0, 0.05) is 6.54 Å². The molecule has 2 saturated heterocycles. The van der Waals surface area contributed by atoms with Gasteiger partial charge in [0.15, 0.2) is 0 Å². The molecule has 11 nitrogen and oxygen atoms in total. The Bertz CT molecular complexity index is 652. The lowest BCUT2D eigenvalue weighted by Crippen LogP contribution is -2.59. The first kappa shape index (κ1) is 25.0. The summed E-state index contributed by atoms with van der Waals surface area (Å²) < 4.78 is 0. The summed E-state index contributed by atoms with van der Waals surface area (Å²) in [5, 5.41) is 27.7. The second-order valence-electron chi connectivity index (χ2n) is 8.25. The lowest BCUT2D eigenvalue weighted by atomic mass is 10.0. The SMILES string of the molecule is CC(O)C(NC(=O)C1CCCN1)C(=O)NC(CCCCN)C(=O)N1CCCC1C(=O)O. The number of rotatable bonds is 11. The number of likely N-dealkylation sites (tertiary alicyclic amines) is 1. The van der Waals surface area contributed by atoms with Crippen LogP contribution in [0.15, 0.2) is 0 Å². The van der Waals surface area contributed by atoms with E-state index in [2.05, 4.69) is 16.0 Å². The van der Waals surface area contributed by atoms with Crippen molar-refractivity contribution >= 4 is 23.7 Å². The van der Waals surface area contributed by atoms with Gasteiger partial charge in [0.2, 0.25) is 17.7 Å². The first-order valence-corrected chi connectivity index (χ1v) is 11.0. The number of amides is 3. The van der Waals surface area contributed by atoms with Crippen molar-refractivity contribution in [1.82, 2.24) is 20.9 Å². The summed E-state index contributed by atoms with van der Waals surface area (Å²) in [5.74, 6) is -2.60. The van der Waals surface area contributed by atoms with Gasteiger partial charge in [-0.3, -0.25) is 14.4 Å². The Morgan fingerprint density at radius 3 is 2.48 bits per heavy atom. The molecule has 0 saturated carbocycles. The Balaban J connectivity index is 2.09. The van der Waals surface area contributed by atoms with Gasteiger partial charge >= 0.3 is 5.97 Å². The molecule has 0 aromatic carbocycles. The van der Waals surface area contributed by atoms with E-state index in [1.807, 2.05) is 0 Å². The van der Waals surface area contributed by atoms with Crippen molar-refractivity contribution in [2.45, 2.75) is 82.1 Å². The van der Waals surface area contributed by atoms with Crippen molar-refractivity contribution in [3.05, 3.63) is 0 Å². The number of aliphatic hydroxyl groups excluding tert-OH is 1. The number of aliphatic hydroxyl groups is 1. The molecule has 0 spiro atoms. The maximum Gasteiger partial charge on any atom is 0.326 e. The van der Waals surface area contributed by atoms with Crippen molar-refractivity contribution in [3.8, 4) is 0 Å². The van der Waals surface area contributed by atoms with Gasteiger partial charge in [-0.1, -0.05) is 0 Å². The maximum absolute atomic E-state index is 13.1. The van der Waals surface area contributed by atoms with Crippen LogP contribution in [-0.4, -0.2) is 88.7 Å². The highest BCUT2D eigenvalue weighted by Crippen LogP contribution is 2.20. The van der Waals surface area contributed by atoms with Crippen molar-refractivity contribution in [1.29, 1.82) is 0 Å². The van der Waals surface area contributed by atoms with E-state index in [0.29, 0.717) is 51.7 Å². The first-order valence-electron chi connectivity index (χ1n) is 11.0. The van der Waals surface area contributed by atoms with E-state index in [4.69, 9.17) is 5.73 Å². The summed E-state index contributed by atoms with van der Waals surface area (Å²) >= 11 is 0. The van der Waals surface area contributed by atoms with E-state index in [-0.39, 0.29) is 12.3 Å². The Kier molecular flexibility index (Phi) is 9.66. The van der Waals surface area contributed by atoms with Crippen LogP contribution in [0.4, 0.5) is 0 Å². The number of carboxylic acids is 1. The third-order valence-electron chi connectivity index (χ3n) is 5.82. The molecule has 3 amide bonds. The summed E-state index contributed by atoms with van der Waals surface area (Å²) in [5.41, 5.74) is 5.53. The summed E-state index contributed by atoms with van der Waals surface area (Å²) in [6.45, 7) is 2.83. The molecule has 5 atom stereocenters. The van der Waals surface area contributed by atoms with Crippen molar-refractivity contribution in [2.24, 2.45) is 5.73 Å². The largest absolute Gasteiger partial charge is 0.480 e. The molecule has 0 radical (unpaired) electrons. The fourth-order valence-corrected chi connectivity index (χ4v) is 4.07. The fourth-order valence-electron chi connectivity index (χ4n) is 4.07. The summed E-state index contributed by atoms with van der Waals surface area (Å²) in [4.78, 5) is 51.1. The zero-order valence-electron chi connectivity index (χ0n) is 18.0. The number of nitrogens with two attached hydrogens (primary N) is 1. The molecule has 0 bridgehead atoms. The smallest absolute Gasteiger partial charge is 0.326 e. The fraction of sp³-hybridized carbons (Fsp3) is 0.800. The van der Waals surface area contributed by atoms with E-state index in [0.717, 1.165) is 6.42 Å². The van der Waals surface area contributed by atoms with E-state index >= 15 is 0 Å². The van der Waals surface area contributed by atoms with Crippen LogP contribution in [0, 0.1) is 0 Å². The zero-order valence-corrected chi connectivity index (χ0v) is 18.0. The second kappa shape index (κ2) is 12.0. The van der Waals surface area contributed by atoms with Crippen LogP contribution in [0.5, 0.6) is 0 Å². The number of carboxylic acid groups (broad SMARTS) is 1. The molecule has 5 unspecified atom stereocenters. The molecule has 2 aliphatic rings. The average Bonchev–Trinajstić information content (AvgIpc) is 3.42. The summed E-state index contributed by atoms with van der Waals surface area (Å²) in [6, 6.07) is -3.52. The van der Waals surface area contributed by atoms with E-state index in [1.165, 1.54) is 11.8 Å².